The zero-order valence-electron chi connectivity index (χ0n) is 14.4. The normalized spacial score (nSPS) is 19.5. The quantitative estimate of drug-likeness (QED) is 0.912. The molecule has 2 aromatic rings. The molecule has 1 atom stereocenters. The van der Waals surface area contributed by atoms with Crippen LogP contribution in [-0.4, -0.2) is 41.9 Å². The molecule has 2 heterocycles. The van der Waals surface area contributed by atoms with Gasteiger partial charge in [0.05, 0.1) is 6.04 Å². The third-order valence-corrected chi connectivity index (χ3v) is 6.41. The molecule has 1 aliphatic heterocycles. The summed E-state index contributed by atoms with van der Waals surface area (Å²) in [5.41, 5.74) is 2.26. The second kappa shape index (κ2) is 6.66. The summed E-state index contributed by atoms with van der Waals surface area (Å²) in [5, 5.41) is 3.42. The molecule has 3 rings (SSSR count). The molecule has 1 unspecified atom stereocenters. The molecule has 6 nitrogen and oxygen atoms in total. The number of aromatic nitrogens is 2. The maximum Gasteiger partial charge on any atom is 0.262 e. The summed E-state index contributed by atoms with van der Waals surface area (Å²) in [6.45, 7) is 5.61. The Labute approximate surface area is 143 Å². The summed E-state index contributed by atoms with van der Waals surface area (Å²) in [6.07, 6.45) is 2.56. The van der Waals surface area contributed by atoms with Gasteiger partial charge >= 0.3 is 0 Å². The number of benzene rings is 1. The van der Waals surface area contributed by atoms with Crippen molar-refractivity contribution in [3.05, 3.63) is 47.4 Å². The largest absolute Gasteiger partial charge is 0.337 e. The number of rotatable bonds is 4. The minimum Gasteiger partial charge on any atom is -0.337 e. The molecule has 0 saturated carbocycles. The standard InChI is InChI=1S/C17H24N4O2S/c1-4-14-5-7-15(8-6-14)16-11-18-9-10-21(16)24(22,23)17-12-20(3)13(2)19-17/h5-8,12,16,18H,4,9-11H2,1-3H3. The fraction of sp³-hybridized carbons (Fsp3) is 0.471. The Morgan fingerprint density at radius 3 is 2.58 bits per heavy atom. The number of hydrogen-bond donors (Lipinski definition) is 1. The predicted molar refractivity (Wildman–Crippen MR) is 93.3 cm³/mol. The number of nitrogens with zero attached hydrogens (tertiary/aromatic N) is 3. The van der Waals surface area contributed by atoms with Crippen LogP contribution < -0.4 is 5.32 Å². The first kappa shape index (κ1) is 17.1. The zero-order chi connectivity index (χ0) is 17.3. The average Bonchev–Trinajstić information content (AvgIpc) is 2.95. The topological polar surface area (TPSA) is 67.2 Å². The van der Waals surface area contributed by atoms with Crippen LogP contribution in [0.2, 0.25) is 0 Å². The highest BCUT2D eigenvalue weighted by molar-refractivity contribution is 7.89. The fourth-order valence-electron chi connectivity index (χ4n) is 3.00. The lowest BCUT2D eigenvalue weighted by atomic mass is 10.0. The molecule has 0 bridgehead atoms. The van der Waals surface area contributed by atoms with Gasteiger partial charge < -0.3 is 9.88 Å². The molecule has 1 saturated heterocycles. The number of sulfonamides is 1. The Morgan fingerprint density at radius 1 is 1.29 bits per heavy atom. The van der Waals surface area contributed by atoms with Gasteiger partial charge in [-0.15, -0.1) is 0 Å². The molecular formula is C17H24N4O2S. The van der Waals surface area contributed by atoms with Gasteiger partial charge in [-0.25, -0.2) is 13.4 Å². The maximum absolute atomic E-state index is 13.1. The first-order valence-corrected chi connectivity index (χ1v) is 9.69. The minimum absolute atomic E-state index is 0.125. The van der Waals surface area contributed by atoms with Crippen molar-refractivity contribution in [1.29, 1.82) is 0 Å². The molecule has 1 N–H and O–H groups in total. The average molecular weight is 348 g/mol. The van der Waals surface area contributed by atoms with E-state index < -0.39 is 10.0 Å². The monoisotopic (exact) mass is 348 g/mol. The van der Waals surface area contributed by atoms with E-state index in [1.54, 1.807) is 29.0 Å². The Balaban J connectivity index is 1.96. The summed E-state index contributed by atoms with van der Waals surface area (Å²) in [5.74, 6) is 0.688. The van der Waals surface area contributed by atoms with Crippen molar-refractivity contribution < 1.29 is 8.42 Å². The highest BCUT2D eigenvalue weighted by atomic mass is 32.2. The highest BCUT2D eigenvalue weighted by Gasteiger charge is 2.35. The molecule has 1 aromatic carbocycles. The van der Waals surface area contributed by atoms with Gasteiger partial charge in [-0.2, -0.15) is 4.31 Å². The summed E-state index contributed by atoms with van der Waals surface area (Å²) in [6, 6.07) is 7.99. The molecule has 1 aliphatic rings. The van der Waals surface area contributed by atoms with Gasteiger partial charge in [-0.3, -0.25) is 0 Å². The van der Waals surface area contributed by atoms with Gasteiger partial charge in [0.1, 0.15) is 5.82 Å². The Hall–Kier alpha value is -1.70. The molecule has 1 fully saturated rings. The second-order valence-corrected chi connectivity index (χ2v) is 8.01. The summed E-state index contributed by atoms with van der Waals surface area (Å²) < 4.78 is 29.5. The van der Waals surface area contributed by atoms with Crippen LogP contribution in [0, 0.1) is 6.92 Å². The van der Waals surface area contributed by atoms with Crippen LogP contribution in [0.4, 0.5) is 0 Å². The van der Waals surface area contributed by atoms with Crippen LogP contribution >= 0.6 is 0 Å². The molecule has 0 spiro atoms. The van der Waals surface area contributed by atoms with Crippen molar-refractivity contribution in [2.75, 3.05) is 19.6 Å². The van der Waals surface area contributed by atoms with Crippen LogP contribution in [0.25, 0.3) is 0 Å². The van der Waals surface area contributed by atoms with Crippen molar-refractivity contribution in [2.24, 2.45) is 7.05 Å². The summed E-state index contributed by atoms with van der Waals surface area (Å²) in [4.78, 5) is 4.23. The van der Waals surface area contributed by atoms with Crippen molar-refractivity contribution in [3.8, 4) is 0 Å². The molecule has 0 aliphatic carbocycles. The van der Waals surface area contributed by atoms with E-state index in [4.69, 9.17) is 0 Å². The van der Waals surface area contributed by atoms with Crippen molar-refractivity contribution >= 4 is 10.0 Å². The van der Waals surface area contributed by atoms with Crippen LogP contribution in [0.5, 0.6) is 0 Å². The lowest BCUT2D eigenvalue weighted by molar-refractivity contribution is 0.271. The van der Waals surface area contributed by atoms with E-state index in [2.05, 4.69) is 29.4 Å². The molecule has 0 radical (unpaired) electrons. The Morgan fingerprint density at radius 2 is 2.00 bits per heavy atom. The van der Waals surface area contributed by atoms with E-state index in [9.17, 15) is 8.42 Å². The van der Waals surface area contributed by atoms with Gasteiger partial charge in [-0.1, -0.05) is 31.2 Å². The highest BCUT2D eigenvalue weighted by Crippen LogP contribution is 2.28. The minimum atomic E-state index is -3.62. The fourth-order valence-corrected chi connectivity index (χ4v) is 4.65. The predicted octanol–water partition coefficient (Wildman–Crippen LogP) is 1.63. The summed E-state index contributed by atoms with van der Waals surface area (Å²) in [7, 11) is -1.81. The number of hydrogen-bond acceptors (Lipinski definition) is 4. The lowest BCUT2D eigenvalue weighted by Crippen LogP contribution is -2.48. The first-order chi connectivity index (χ1) is 11.4. The summed E-state index contributed by atoms with van der Waals surface area (Å²) >= 11 is 0. The van der Waals surface area contributed by atoms with E-state index in [-0.39, 0.29) is 11.1 Å². The van der Waals surface area contributed by atoms with Gasteiger partial charge in [0.25, 0.3) is 10.0 Å². The van der Waals surface area contributed by atoms with Gasteiger partial charge in [-0.05, 0) is 24.5 Å². The van der Waals surface area contributed by atoms with Crippen LogP contribution in [0.1, 0.15) is 29.9 Å². The van der Waals surface area contributed by atoms with E-state index in [1.807, 2.05) is 12.1 Å². The van der Waals surface area contributed by atoms with Crippen LogP contribution in [0.3, 0.4) is 0 Å². The molecule has 7 heteroatoms. The van der Waals surface area contributed by atoms with Crippen molar-refractivity contribution in [2.45, 2.75) is 31.3 Å². The van der Waals surface area contributed by atoms with E-state index in [1.165, 1.54) is 5.56 Å². The lowest BCUT2D eigenvalue weighted by Gasteiger charge is -2.35. The van der Waals surface area contributed by atoms with Crippen molar-refractivity contribution in [1.82, 2.24) is 19.2 Å². The molecular weight excluding hydrogens is 324 g/mol. The van der Waals surface area contributed by atoms with E-state index in [0.29, 0.717) is 25.5 Å². The number of piperazine rings is 1. The number of nitrogens with one attached hydrogen (secondary N) is 1. The van der Waals surface area contributed by atoms with Gasteiger partial charge in [0, 0.05) is 32.9 Å². The third kappa shape index (κ3) is 3.11. The Bertz CT molecular complexity index is 792. The van der Waals surface area contributed by atoms with Crippen LogP contribution in [0.15, 0.2) is 35.5 Å². The molecule has 1 aromatic heterocycles. The van der Waals surface area contributed by atoms with Crippen LogP contribution in [-0.2, 0) is 23.5 Å². The number of imidazole rings is 1. The van der Waals surface area contributed by atoms with Gasteiger partial charge in [0.15, 0.2) is 5.03 Å². The number of aryl methyl sites for hydroxylation is 3. The SMILES string of the molecule is CCc1ccc(C2CNCCN2S(=O)(=O)c2cn(C)c(C)n2)cc1. The Kier molecular flexibility index (Phi) is 4.76. The maximum atomic E-state index is 13.1. The first-order valence-electron chi connectivity index (χ1n) is 8.25. The molecule has 130 valence electrons. The van der Waals surface area contributed by atoms with Gasteiger partial charge in [0.2, 0.25) is 0 Å². The second-order valence-electron chi connectivity index (χ2n) is 6.17. The van der Waals surface area contributed by atoms with E-state index in [0.717, 1.165) is 12.0 Å². The third-order valence-electron chi connectivity index (χ3n) is 4.63. The molecule has 0 amide bonds. The van der Waals surface area contributed by atoms with Crippen molar-refractivity contribution in [3.63, 3.8) is 0 Å². The zero-order valence-corrected chi connectivity index (χ0v) is 15.2. The van der Waals surface area contributed by atoms with E-state index >= 15 is 0 Å². The molecule has 24 heavy (non-hydrogen) atoms. The smallest absolute Gasteiger partial charge is 0.262 e.